The number of sulfonamides is 1. The van der Waals surface area contributed by atoms with Crippen LogP contribution < -0.4 is 10.5 Å². The summed E-state index contributed by atoms with van der Waals surface area (Å²) in [6, 6.07) is 2.27. The Bertz CT molecular complexity index is 456. The van der Waals surface area contributed by atoms with E-state index in [1.54, 1.807) is 0 Å². The Kier molecular flexibility index (Phi) is 4.44. The monoisotopic (exact) mass is 259 g/mol. The molecule has 1 aromatic heterocycles. The van der Waals surface area contributed by atoms with E-state index in [0.717, 1.165) is 0 Å². The largest absolute Gasteiger partial charge is 0.395 e. The van der Waals surface area contributed by atoms with E-state index in [2.05, 4.69) is 9.71 Å². The summed E-state index contributed by atoms with van der Waals surface area (Å²) in [5.41, 5.74) is 5.38. The molecule has 0 aliphatic heterocycles. The highest BCUT2D eigenvalue weighted by Gasteiger charge is 2.21. The molecule has 0 bridgehead atoms. The van der Waals surface area contributed by atoms with Crippen molar-refractivity contribution >= 4 is 15.8 Å². The smallest absolute Gasteiger partial charge is 0.242 e. The second kappa shape index (κ2) is 5.44. The van der Waals surface area contributed by atoms with Gasteiger partial charge in [-0.1, -0.05) is 13.8 Å². The number of pyridine rings is 1. The van der Waals surface area contributed by atoms with E-state index in [1.807, 2.05) is 13.8 Å². The molecule has 96 valence electrons. The molecule has 0 aliphatic carbocycles. The molecule has 6 nitrogen and oxygen atoms in total. The van der Waals surface area contributed by atoms with Crippen molar-refractivity contribution in [3.8, 4) is 0 Å². The highest BCUT2D eigenvalue weighted by molar-refractivity contribution is 7.89. The fraction of sp³-hybridized carbons (Fsp3) is 0.500. The van der Waals surface area contributed by atoms with Crippen molar-refractivity contribution in [3.05, 3.63) is 18.3 Å². The predicted octanol–water partition coefficient (Wildman–Crippen LogP) is -0.0410. The summed E-state index contributed by atoms with van der Waals surface area (Å²) in [5.74, 6) is 0.253. The highest BCUT2D eigenvalue weighted by Crippen LogP contribution is 2.11. The number of rotatable bonds is 5. The second-order valence-corrected chi connectivity index (χ2v) is 5.79. The summed E-state index contributed by atoms with van der Waals surface area (Å²) < 4.78 is 26.2. The molecule has 17 heavy (non-hydrogen) atoms. The maximum absolute atomic E-state index is 11.9. The van der Waals surface area contributed by atoms with Gasteiger partial charge in [0.25, 0.3) is 0 Å². The van der Waals surface area contributed by atoms with Gasteiger partial charge in [0.1, 0.15) is 10.7 Å². The maximum atomic E-state index is 11.9. The quantitative estimate of drug-likeness (QED) is 0.688. The molecule has 1 rings (SSSR count). The molecule has 1 aromatic rings. The Balaban J connectivity index is 2.92. The van der Waals surface area contributed by atoms with Crippen molar-refractivity contribution in [3.63, 3.8) is 0 Å². The van der Waals surface area contributed by atoms with Gasteiger partial charge in [-0.05, 0) is 18.1 Å². The van der Waals surface area contributed by atoms with E-state index in [9.17, 15) is 8.42 Å². The molecular weight excluding hydrogens is 242 g/mol. The molecule has 1 heterocycles. The van der Waals surface area contributed by atoms with Crippen LogP contribution in [0.25, 0.3) is 0 Å². The molecule has 0 aliphatic rings. The summed E-state index contributed by atoms with van der Waals surface area (Å²) in [5, 5.41) is 9.09. The Labute approximate surface area is 101 Å². The van der Waals surface area contributed by atoms with Crippen LogP contribution in [0.3, 0.4) is 0 Å². The Morgan fingerprint density at radius 1 is 1.47 bits per heavy atom. The number of nitrogens with one attached hydrogen (secondary N) is 1. The van der Waals surface area contributed by atoms with Crippen molar-refractivity contribution in [1.29, 1.82) is 0 Å². The minimum atomic E-state index is -3.66. The fourth-order valence-corrected chi connectivity index (χ4v) is 2.52. The van der Waals surface area contributed by atoms with Crippen LogP contribution >= 0.6 is 0 Å². The number of aliphatic hydroxyl groups excluding tert-OH is 1. The minimum absolute atomic E-state index is 0.00323. The molecule has 0 spiro atoms. The molecule has 0 saturated heterocycles. The standard InChI is InChI=1S/C10H17N3O3S/c1-7(2)9(6-14)13-17(15,16)8-3-4-10(11)12-5-8/h3-5,7,9,13-14H,6H2,1-2H3,(H2,11,12)/t9-/m1/s1. The first-order chi connectivity index (χ1) is 7.86. The first-order valence-electron chi connectivity index (χ1n) is 5.21. The highest BCUT2D eigenvalue weighted by atomic mass is 32.2. The van der Waals surface area contributed by atoms with Crippen LogP contribution in [0, 0.1) is 5.92 Å². The Hall–Kier alpha value is -1.18. The van der Waals surface area contributed by atoms with E-state index < -0.39 is 16.1 Å². The van der Waals surface area contributed by atoms with E-state index >= 15 is 0 Å². The van der Waals surface area contributed by atoms with Crippen molar-refractivity contribution in [2.45, 2.75) is 24.8 Å². The third-order valence-corrected chi connectivity index (χ3v) is 3.85. The van der Waals surface area contributed by atoms with Gasteiger partial charge in [0.2, 0.25) is 10.0 Å². The second-order valence-electron chi connectivity index (χ2n) is 4.07. The SMILES string of the molecule is CC(C)[C@@H](CO)NS(=O)(=O)c1ccc(N)nc1. The number of nitrogens with two attached hydrogens (primary N) is 1. The number of aromatic nitrogens is 1. The number of nitrogen functional groups attached to an aromatic ring is 1. The lowest BCUT2D eigenvalue weighted by Crippen LogP contribution is -2.41. The lowest BCUT2D eigenvalue weighted by Gasteiger charge is -2.19. The first kappa shape index (κ1) is 13.9. The zero-order chi connectivity index (χ0) is 13.1. The zero-order valence-electron chi connectivity index (χ0n) is 9.79. The van der Waals surface area contributed by atoms with Crippen LogP contribution in [0.5, 0.6) is 0 Å². The van der Waals surface area contributed by atoms with Crippen molar-refractivity contribution in [2.24, 2.45) is 5.92 Å². The number of hydrogen-bond donors (Lipinski definition) is 3. The van der Waals surface area contributed by atoms with Gasteiger partial charge in [-0.2, -0.15) is 0 Å². The van der Waals surface area contributed by atoms with Gasteiger partial charge in [-0.25, -0.2) is 18.1 Å². The van der Waals surface area contributed by atoms with Crippen LogP contribution in [0.1, 0.15) is 13.8 Å². The lowest BCUT2D eigenvalue weighted by molar-refractivity contribution is 0.227. The van der Waals surface area contributed by atoms with Crippen molar-refractivity contribution in [2.75, 3.05) is 12.3 Å². The van der Waals surface area contributed by atoms with Gasteiger partial charge < -0.3 is 10.8 Å². The van der Waals surface area contributed by atoms with Crippen LogP contribution in [0.4, 0.5) is 5.82 Å². The van der Waals surface area contributed by atoms with Gasteiger partial charge >= 0.3 is 0 Å². The summed E-state index contributed by atoms with van der Waals surface area (Å²) in [6.07, 6.45) is 1.19. The average molecular weight is 259 g/mol. The van der Waals surface area contributed by atoms with E-state index in [0.29, 0.717) is 0 Å². The van der Waals surface area contributed by atoms with Crippen molar-refractivity contribution in [1.82, 2.24) is 9.71 Å². The number of aliphatic hydroxyl groups is 1. The van der Waals surface area contributed by atoms with Crippen molar-refractivity contribution < 1.29 is 13.5 Å². The normalized spacial score (nSPS) is 13.9. The van der Waals surface area contributed by atoms with Crippen LogP contribution in [0.15, 0.2) is 23.2 Å². The number of hydrogen-bond acceptors (Lipinski definition) is 5. The van der Waals surface area contributed by atoms with Crippen LogP contribution in [-0.4, -0.2) is 31.2 Å². The molecule has 0 radical (unpaired) electrons. The third kappa shape index (κ3) is 3.65. The predicted molar refractivity (Wildman–Crippen MR) is 64.7 cm³/mol. The van der Waals surface area contributed by atoms with Crippen LogP contribution in [-0.2, 0) is 10.0 Å². The molecule has 0 aromatic carbocycles. The molecule has 7 heteroatoms. The summed E-state index contributed by atoms with van der Waals surface area (Å²) in [7, 11) is -3.66. The Morgan fingerprint density at radius 3 is 2.53 bits per heavy atom. The first-order valence-corrected chi connectivity index (χ1v) is 6.70. The van der Waals surface area contributed by atoms with Gasteiger partial charge in [0, 0.05) is 12.2 Å². The molecular formula is C10H17N3O3S. The van der Waals surface area contributed by atoms with E-state index in [-0.39, 0.29) is 23.2 Å². The molecule has 0 unspecified atom stereocenters. The minimum Gasteiger partial charge on any atom is -0.395 e. The topological polar surface area (TPSA) is 105 Å². The van der Waals surface area contributed by atoms with Gasteiger partial charge in [0.15, 0.2) is 0 Å². The Morgan fingerprint density at radius 2 is 2.12 bits per heavy atom. The zero-order valence-corrected chi connectivity index (χ0v) is 10.6. The lowest BCUT2D eigenvalue weighted by atomic mass is 10.1. The molecule has 1 atom stereocenters. The van der Waals surface area contributed by atoms with Gasteiger partial charge in [0.05, 0.1) is 6.61 Å². The third-order valence-electron chi connectivity index (χ3n) is 2.38. The molecule has 4 N–H and O–H groups in total. The molecule has 0 saturated carbocycles. The summed E-state index contributed by atoms with van der Waals surface area (Å²) in [4.78, 5) is 3.75. The van der Waals surface area contributed by atoms with E-state index in [1.165, 1.54) is 18.3 Å². The van der Waals surface area contributed by atoms with Gasteiger partial charge in [-0.15, -0.1) is 0 Å². The number of anilines is 1. The average Bonchev–Trinajstić information content (AvgIpc) is 2.26. The maximum Gasteiger partial charge on any atom is 0.242 e. The van der Waals surface area contributed by atoms with Gasteiger partial charge in [-0.3, -0.25) is 0 Å². The summed E-state index contributed by atoms with van der Waals surface area (Å²) >= 11 is 0. The molecule has 0 fully saturated rings. The molecule has 0 amide bonds. The fourth-order valence-electron chi connectivity index (χ4n) is 1.20. The van der Waals surface area contributed by atoms with E-state index in [4.69, 9.17) is 10.8 Å². The van der Waals surface area contributed by atoms with Crippen LogP contribution in [0.2, 0.25) is 0 Å². The number of nitrogens with zero attached hydrogens (tertiary/aromatic N) is 1. The summed E-state index contributed by atoms with van der Waals surface area (Å²) in [6.45, 7) is 3.40.